The molecule has 0 aliphatic carbocycles. The number of tetrazole rings is 1. The highest BCUT2D eigenvalue weighted by molar-refractivity contribution is 5.85. The predicted molar refractivity (Wildman–Crippen MR) is 122 cm³/mol. The minimum atomic E-state index is 0. The number of nitrogens with one attached hydrogen (secondary N) is 2. The number of hydrogen-bond donors (Lipinski definition) is 2. The summed E-state index contributed by atoms with van der Waals surface area (Å²) < 4.78 is 5.58. The van der Waals surface area contributed by atoms with Crippen LogP contribution in [0.15, 0.2) is 48.5 Å². The fraction of sp³-hybridized carbons (Fsp3) is 0.381. The molecule has 3 aromatic rings. The van der Waals surface area contributed by atoms with E-state index in [1.54, 1.807) is 14.2 Å². The van der Waals surface area contributed by atoms with Gasteiger partial charge in [-0.05, 0) is 48.4 Å². The molecule has 0 bridgehead atoms. The molecule has 1 fully saturated rings. The maximum absolute atomic E-state index is 5.58. The number of piperidine rings is 1. The largest absolute Gasteiger partial charge is 0.496 e. The summed E-state index contributed by atoms with van der Waals surface area (Å²) in [5.41, 5.74) is 3.35. The molecule has 4 rings (SSSR count). The maximum atomic E-state index is 5.58. The summed E-state index contributed by atoms with van der Waals surface area (Å²) in [6.07, 6.45) is 2.31. The standard InChI is InChI=1S/C21H26N6O.2ClH/c1-27-25-21(24-26-27)16-10-11-19(28-2)17(13-16)14-23-18-9-6-12-22-20(18)15-7-4-3-5-8-15;;/h3-5,7-8,10-11,13,18,20,22-23H,6,9,12,14H2,1-2H3;2*1H. The Bertz CT molecular complexity index is 921. The number of methoxy groups -OCH3 is 1. The highest BCUT2D eigenvalue weighted by Crippen LogP contribution is 2.27. The Morgan fingerprint density at radius 1 is 1.17 bits per heavy atom. The van der Waals surface area contributed by atoms with E-state index in [1.807, 2.05) is 12.1 Å². The molecule has 2 aromatic carbocycles. The zero-order valence-corrected chi connectivity index (χ0v) is 18.7. The lowest BCUT2D eigenvalue weighted by atomic mass is 9.92. The van der Waals surface area contributed by atoms with Crippen molar-refractivity contribution in [3.8, 4) is 17.1 Å². The van der Waals surface area contributed by atoms with Crippen LogP contribution in [-0.2, 0) is 13.6 Å². The van der Waals surface area contributed by atoms with Crippen molar-refractivity contribution in [2.45, 2.75) is 31.5 Å². The average molecular weight is 451 g/mol. The fourth-order valence-corrected chi connectivity index (χ4v) is 3.82. The van der Waals surface area contributed by atoms with Gasteiger partial charge in [-0.25, -0.2) is 0 Å². The molecule has 1 saturated heterocycles. The van der Waals surface area contributed by atoms with Crippen LogP contribution in [0.4, 0.5) is 0 Å². The van der Waals surface area contributed by atoms with E-state index in [1.165, 1.54) is 16.8 Å². The first-order valence-electron chi connectivity index (χ1n) is 9.67. The van der Waals surface area contributed by atoms with Crippen LogP contribution in [0.2, 0.25) is 0 Å². The number of benzene rings is 2. The van der Waals surface area contributed by atoms with Crippen molar-refractivity contribution >= 4 is 24.8 Å². The van der Waals surface area contributed by atoms with Gasteiger partial charge in [0.1, 0.15) is 5.75 Å². The number of hydrogen-bond acceptors (Lipinski definition) is 6. The molecule has 7 nitrogen and oxygen atoms in total. The number of halogens is 2. The molecule has 2 heterocycles. The maximum Gasteiger partial charge on any atom is 0.204 e. The van der Waals surface area contributed by atoms with E-state index < -0.39 is 0 Å². The van der Waals surface area contributed by atoms with E-state index in [-0.39, 0.29) is 24.8 Å². The van der Waals surface area contributed by atoms with E-state index >= 15 is 0 Å². The van der Waals surface area contributed by atoms with Gasteiger partial charge in [-0.15, -0.1) is 35.0 Å². The molecule has 30 heavy (non-hydrogen) atoms. The second kappa shape index (κ2) is 11.3. The van der Waals surface area contributed by atoms with Crippen LogP contribution < -0.4 is 15.4 Å². The fourth-order valence-electron chi connectivity index (χ4n) is 3.82. The van der Waals surface area contributed by atoms with Crippen LogP contribution in [-0.4, -0.2) is 39.9 Å². The average Bonchev–Trinajstić information content (AvgIpc) is 3.19. The molecule has 0 amide bonds. The Morgan fingerprint density at radius 2 is 1.97 bits per heavy atom. The molecule has 2 atom stereocenters. The van der Waals surface area contributed by atoms with Gasteiger partial charge in [0.15, 0.2) is 0 Å². The van der Waals surface area contributed by atoms with Gasteiger partial charge in [-0.1, -0.05) is 30.3 Å². The third-order valence-corrected chi connectivity index (χ3v) is 5.22. The molecule has 2 N–H and O–H groups in total. The number of ether oxygens (including phenoxy) is 1. The third kappa shape index (κ3) is 5.49. The molecule has 0 saturated carbocycles. The number of rotatable bonds is 6. The second-order valence-corrected chi connectivity index (χ2v) is 7.10. The lowest BCUT2D eigenvalue weighted by Gasteiger charge is -2.34. The summed E-state index contributed by atoms with van der Waals surface area (Å²) in [5.74, 6) is 1.48. The van der Waals surface area contributed by atoms with E-state index in [0.29, 0.717) is 24.5 Å². The Morgan fingerprint density at radius 3 is 2.67 bits per heavy atom. The number of aryl methyl sites for hydroxylation is 1. The van der Waals surface area contributed by atoms with Gasteiger partial charge >= 0.3 is 0 Å². The zero-order chi connectivity index (χ0) is 19.3. The first-order valence-corrected chi connectivity index (χ1v) is 9.67. The minimum absolute atomic E-state index is 0. The van der Waals surface area contributed by atoms with Crippen molar-refractivity contribution in [3.63, 3.8) is 0 Å². The lowest BCUT2D eigenvalue weighted by Crippen LogP contribution is -2.45. The monoisotopic (exact) mass is 450 g/mol. The van der Waals surface area contributed by atoms with E-state index in [4.69, 9.17) is 4.74 Å². The topological polar surface area (TPSA) is 76.9 Å². The number of nitrogens with zero attached hydrogens (tertiary/aromatic N) is 4. The van der Waals surface area contributed by atoms with Gasteiger partial charge in [-0.2, -0.15) is 4.80 Å². The molecule has 1 aromatic heterocycles. The van der Waals surface area contributed by atoms with Gasteiger partial charge < -0.3 is 15.4 Å². The van der Waals surface area contributed by atoms with Crippen LogP contribution >= 0.6 is 24.8 Å². The summed E-state index contributed by atoms with van der Waals surface area (Å²) >= 11 is 0. The highest BCUT2D eigenvalue weighted by atomic mass is 35.5. The zero-order valence-electron chi connectivity index (χ0n) is 17.1. The molecule has 162 valence electrons. The van der Waals surface area contributed by atoms with Gasteiger partial charge in [0.25, 0.3) is 0 Å². The van der Waals surface area contributed by atoms with E-state index in [2.05, 4.69) is 62.4 Å². The van der Waals surface area contributed by atoms with Crippen molar-refractivity contribution in [3.05, 3.63) is 59.7 Å². The molecular weight excluding hydrogens is 423 g/mol. The van der Waals surface area contributed by atoms with Gasteiger partial charge in [0.2, 0.25) is 5.82 Å². The Balaban J connectivity index is 0.00000160. The first-order chi connectivity index (χ1) is 13.7. The van der Waals surface area contributed by atoms with Crippen LogP contribution in [0.5, 0.6) is 5.75 Å². The predicted octanol–water partition coefficient (Wildman–Crippen LogP) is 3.31. The quantitative estimate of drug-likeness (QED) is 0.599. The Labute approximate surface area is 189 Å². The molecule has 1 aliphatic rings. The number of aromatic nitrogens is 4. The summed E-state index contributed by atoms with van der Waals surface area (Å²) in [7, 11) is 3.47. The smallest absolute Gasteiger partial charge is 0.204 e. The van der Waals surface area contributed by atoms with Crippen molar-refractivity contribution in [1.29, 1.82) is 0 Å². The highest BCUT2D eigenvalue weighted by Gasteiger charge is 2.25. The third-order valence-electron chi connectivity index (χ3n) is 5.22. The Hall–Kier alpha value is -2.19. The van der Waals surface area contributed by atoms with Gasteiger partial charge in [0, 0.05) is 29.8 Å². The summed E-state index contributed by atoms with van der Waals surface area (Å²) in [4.78, 5) is 1.47. The van der Waals surface area contributed by atoms with Crippen molar-refractivity contribution in [2.24, 2.45) is 7.05 Å². The van der Waals surface area contributed by atoms with Crippen molar-refractivity contribution < 1.29 is 4.74 Å². The summed E-state index contributed by atoms with van der Waals surface area (Å²) in [5, 5.41) is 19.8. The van der Waals surface area contributed by atoms with Crippen molar-refractivity contribution in [2.75, 3.05) is 13.7 Å². The van der Waals surface area contributed by atoms with Crippen LogP contribution in [0, 0.1) is 0 Å². The van der Waals surface area contributed by atoms with Crippen molar-refractivity contribution in [1.82, 2.24) is 30.8 Å². The minimum Gasteiger partial charge on any atom is -0.496 e. The lowest BCUT2D eigenvalue weighted by molar-refractivity contribution is 0.303. The van der Waals surface area contributed by atoms with Gasteiger partial charge in [-0.3, -0.25) is 0 Å². The molecule has 9 heteroatoms. The Kier molecular flexibility index (Phi) is 9.05. The van der Waals surface area contributed by atoms with Gasteiger partial charge in [0.05, 0.1) is 14.2 Å². The van der Waals surface area contributed by atoms with E-state index in [9.17, 15) is 0 Å². The molecule has 1 aliphatic heterocycles. The summed E-state index contributed by atoms with van der Waals surface area (Å²) in [6, 6.07) is 17.3. The normalized spacial score (nSPS) is 18.2. The summed E-state index contributed by atoms with van der Waals surface area (Å²) in [6.45, 7) is 1.77. The second-order valence-electron chi connectivity index (χ2n) is 7.10. The molecule has 0 radical (unpaired) electrons. The first kappa shape index (κ1) is 24.1. The van der Waals surface area contributed by atoms with Crippen LogP contribution in [0.1, 0.15) is 30.0 Å². The van der Waals surface area contributed by atoms with Crippen LogP contribution in [0.25, 0.3) is 11.4 Å². The van der Waals surface area contributed by atoms with Crippen LogP contribution in [0.3, 0.4) is 0 Å². The molecular formula is C21H28Cl2N6O. The van der Waals surface area contributed by atoms with E-state index in [0.717, 1.165) is 29.8 Å². The molecule has 2 unspecified atom stereocenters. The SMILES string of the molecule is COc1ccc(-c2nnn(C)n2)cc1CNC1CCCNC1c1ccccc1.Cl.Cl. The molecule has 0 spiro atoms.